The molecule has 0 bridgehead atoms. The molecular formula is C17H11N3O3. The first-order chi connectivity index (χ1) is 11.2. The number of amides is 1. The molecular weight excluding hydrogens is 294 g/mol. The third kappa shape index (κ3) is 2.36. The van der Waals surface area contributed by atoms with Gasteiger partial charge in [0, 0.05) is 23.5 Å². The number of nitrogens with one attached hydrogen (secondary N) is 1. The molecule has 112 valence electrons. The van der Waals surface area contributed by atoms with Gasteiger partial charge < -0.3 is 9.73 Å². The zero-order chi connectivity index (χ0) is 15.8. The van der Waals surface area contributed by atoms with Gasteiger partial charge in [-0.1, -0.05) is 18.2 Å². The summed E-state index contributed by atoms with van der Waals surface area (Å²) in [5.41, 5.74) is 1.18. The monoisotopic (exact) mass is 305 g/mol. The van der Waals surface area contributed by atoms with Crippen molar-refractivity contribution in [3.63, 3.8) is 0 Å². The average Bonchev–Trinajstić information content (AvgIpc) is 3.01. The van der Waals surface area contributed by atoms with E-state index < -0.39 is 11.5 Å². The Balaban J connectivity index is 1.71. The summed E-state index contributed by atoms with van der Waals surface area (Å²) in [6.07, 6.45) is 3.40. The van der Waals surface area contributed by atoms with E-state index >= 15 is 0 Å². The quantitative estimate of drug-likeness (QED) is 0.578. The zero-order valence-corrected chi connectivity index (χ0v) is 11.9. The van der Waals surface area contributed by atoms with Gasteiger partial charge in [0.1, 0.15) is 11.1 Å². The summed E-state index contributed by atoms with van der Waals surface area (Å²) in [5.74, 6) is -0.506. The molecule has 3 aromatic heterocycles. The highest BCUT2D eigenvalue weighted by atomic mass is 16.4. The first-order valence-electron chi connectivity index (χ1n) is 6.98. The summed E-state index contributed by atoms with van der Waals surface area (Å²) in [7, 11) is 0. The minimum absolute atomic E-state index is 0.0305. The smallest absolute Gasteiger partial charge is 0.349 e. The number of para-hydroxylation sites is 1. The molecule has 23 heavy (non-hydrogen) atoms. The fourth-order valence-electron chi connectivity index (χ4n) is 2.42. The molecule has 0 fully saturated rings. The minimum atomic E-state index is -0.661. The third-order valence-electron chi connectivity index (χ3n) is 3.54. The second-order valence-corrected chi connectivity index (χ2v) is 5.06. The lowest BCUT2D eigenvalue weighted by molar-refractivity contribution is 0.102. The van der Waals surface area contributed by atoms with Gasteiger partial charge >= 0.3 is 5.63 Å². The fourth-order valence-corrected chi connectivity index (χ4v) is 2.42. The number of pyridine rings is 1. The lowest BCUT2D eigenvalue weighted by Crippen LogP contribution is -2.20. The summed E-state index contributed by atoms with van der Waals surface area (Å²) in [6.45, 7) is 0. The molecule has 4 rings (SSSR count). The first kappa shape index (κ1) is 13.3. The number of aromatic nitrogens is 2. The van der Waals surface area contributed by atoms with E-state index in [1.54, 1.807) is 47.2 Å². The van der Waals surface area contributed by atoms with Crippen LogP contribution in [0.1, 0.15) is 10.4 Å². The summed E-state index contributed by atoms with van der Waals surface area (Å²) in [6, 6.07) is 13.9. The largest absolute Gasteiger partial charge is 0.422 e. The van der Waals surface area contributed by atoms with Gasteiger partial charge in [-0.05, 0) is 30.3 Å². The molecule has 0 aliphatic heterocycles. The number of anilines is 1. The van der Waals surface area contributed by atoms with Gasteiger partial charge in [0.2, 0.25) is 0 Å². The molecule has 6 nitrogen and oxygen atoms in total. The number of carbonyl (C=O) groups is 1. The van der Waals surface area contributed by atoms with Gasteiger partial charge in [-0.15, -0.1) is 0 Å². The Bertz CT molecular complexity index is 1090. The molecule has 0 spiro atoms. The van der Waals surface area contributed by atoms with Crippen molar-refractivity contribution in [3.8, 4) is 0 Å². The number of hydrogen-bond acceptors (Lipinski definition) is 4. The molecule has 1 aromatic carbocycles. The predicted molar refractivity (Wildman–Crippen MR) is 85.6 cm³/mol. The van der Waals surface area contributed by atoms with Gasteiger partial charge in [0.25, 0.3) is 5.91 Å². The van der Waals surface area contributed by atoms with Crippen molar-refractivity contribution >= 4 is 28.1 Å². The Morgan fingerprint density at radius 2 is 2.00 bits per heavy atom. The second-order valence-electron chi connectivity index (χ2n) is 5.06. The Morgan fingerprint density at radius 1 is 1.13 bits per heavy atom. The molecule has 4 aromatic rings. The van der Waals surface area contributed by atoms with Crippen LogP contribution in [0.15, 0.2) is 70.1 Å². The molecule has 0 unspecified atom stereocenters. The van der Waals surface area contributed by atoms with Crippen LogP contribution in [0.3, 0.4) is 0 Å². The maximum Gasteiger partial charge on any atom is 0.349 e. The van der Waals surface area contributed by atoms with Crippen molar-refractivity contribution < 1.29 is 9.21 Å². The van der Waals surface area contributed by atoms with E-state index in [-0.39, 0.29) is 5.56 Å². The normalized spacial score (nSPS) is 11.0. The van der Waals surface area contributed by atoms with Crippen molar-refractivity contribution in [1.82, 2.24) is 9.61 Å². The summed E-state index contributed by atoms with van der Waals surface area (Å²) >= 11 is 0. The molecule has 0 saturated heterocycles. The van der Waals surface area contributed by atoms with Crippen molar-refractivity contribution in [2.75, 3.05) is 5.32 Å². The maximum atomic E-state index is 12.4. The molecule has 0 atom stereocenters. The lowest BCUT2D eigenvalue weighted by atomic mass is 10.2. The van der Waals surface area contributed by atoms with Crippen LogP contribution in [-0.2, 0) is 0 Å². The number of hydrogen-bond donors (Lipinski definition) is 1. The summed E-state index contributed by atoms with van der Waals surface area (Å²) in [4.78, 5) is 24.4. The van der Waals surface area contributed by atoms with E-state index in [1.807, 2.05) is 12.1 Å². The van der Waals surface area contributed by atoms with Crippen LogP contribution in [-0.4, -0.2) is 15.5 Å². The number of carbonyl (C=O) groups excluding carboxylic acids is 1. The van der Waals surface area contributed by atoms with Gasteiger partial charge in [-0.3, -0.25) is 4.79 Å². The third-order valence-corrected chi connectivity index (χ3v) is 3.54. The SMILES string of the molecule is O=C(Nc1ccn2nccc2c1)c1cc2ccccc2oc1=O. The molecule has 1 amide bonds. The number of nitrogens with zero attached hydrogens (tertiary/aromatic N) is 2. The Morgan fingerprint density at radius 3 is 2.91 bits per heavy atom. The van der Waals surface area contributed by atoms with E-state index in [0.717, 1.165) is 5.52 Å². The van der Waals surface area contributed by atoms with Crippen LogP contribution in [0.4, 0.5) is 5.69 Å². The molecule has 1 N–H and O–H groups in total. The highest BCUT2D eigenvalue weighted by molar-refractivity contribution is 6.05. The van der Waals surface area contributed by atoms with Crippen LogP contribution in [0.5, 0.6) is 0 Å². The van der Waals surface area contributed by atoms with Crippen LogP contribution in [0, 0.1) is 0 Å². The lowest BCUT2D eigenvalue weighted by Gasteiger charge is -2.05. The van der Waals surface area contributed by atoms with Gasteiger partial charge in [0.05, 0.1) is 5.52 Å². The van der Waals surface area contributed by atoms with Crippen molar-refractivity contribution in [1.29, 1.82) is 0 Å². The fraction of sp³-hybridized carbons (Fsp3) is 0. The van der Waals surface area contributed by atoms with E-state index in [9.17, 15) is 9.59 Å². The number of rotatable bonds is 2. The topological polar surface area (TPSA) is 76.6 Å². The standard InChI is InChI=1S/C17H11N3O3/c21-16(19-12-6-8-20-13(10-12)5-7-18-20)14-9-11-3-1-2-4-15(11)23-17(14)22/h1-10H,(H,19,21). The first-order valence-corrected chi connectivity index (χ1v) is 6.98. The maximum absolute atomic E-state index is 12.4. The van der Waals surface area contributed by atoms with Crippen molar-refractivity contribution in [2.24, 2.45) is 0 Å². The van der Waals surface area contributed by atoms with E-state index in [4.69, 9.17) is 4.42 Å². The number of fused-ring (bicyclic) bond motifs is 2. The zero-order valence-electron chi connectivity index (χ0n) is 11.9. The second kappa shape index (κ2) is 5.10. The number of benzene rings is 1. The molecule has 0 saturated carbocycles. The van der Waals surface area contributed by atoms with Crippen LogP contribution >= 0.6 is 0 Å². The summed E-state index contributed by atoms with van der Waals surface area (Å²) in [5, 5.41) is 7.49. The van der Waals surface area contributed by atoms with Crippen LogP contribution in [0.2, 0.25) is 0 Å². The van der Waals surface area contributed by atoms with E-state index in [2.05, 4.69) is 10.4 Å². The Kier molecular flexibility index (Phi) is 2.94. The minimum Gasteiger partial charge on any atom is -0.422 e. The highest BCUT2D eigenvalue weighted by Crippen LogP contribution is 2.15. The van der Waals surface area contributed by atoms with E-state index in [1.165, 1.54) is 6.07 Å². The van der Waals surface area contributed by atoms with Crippen LogP contribution < -0.4 is 10.9 Å². The van der Waals surface area contributed by atoms with Gasteiger partial charge in [-0.25, -0.2) is 9.31 Å². The Hall–Kier alpha value is -3.41. The molecule has 3 heterocycles. The Labute approximate surface area is 130 Å². The van der Waals surface area contributed by atoms with E-state index in [0.29, 0.717) is 16.7 Å². The van der Waals surface area contributed by atoms with Crippen molar-refractivity contribution in [3.05, 3.63) is 76.9 Å². The van der Waals surface area contributed by atoms with Crippen LogP contribution in [0.25, 0.3) is 16.5 Å². The van der Waals surface area contributed by atoms with Crippen molar-refractivity contribution in [2.45, 2.75) is 0 Å². The summed E-state index contributed by atoms with van der Waals surface area (Å²) < 4.78 is 6.86. The molecule has 0 radical (unpaired) electrons. The molecule has 0 aliphatic rings. The highest BCUT2D eigenvalue weighted by Gasteiger charge is 2.14. The molecule has 0 aliphatic carbocycles. The molecule has 6 heteroatoms. The van der Waals surface area contributed by atoms with Gasteiger partial charge in [0.15, 0.2) is 0 Å². The average molecular weight is 305 g/mol. The van der Waals surface area contributed by atoms with Gasteiger partial charge in [-0.2, -0.15) is 5.10 Å². The predicted octanol–water partition coefficient (Wildman–Crippen LogP) is 2.69.